The lowest BCUT2D eigenvalue weighted by atomic mass is 10.0. The number of hydrogen-bond acceptors (Lipinski definition) is 5. The molecule has 2 unspecified atom stereocenters. The van der Waals surface area contributed by atoms with Crippen LogP contribution in [0.3, 0.4) is 0 Å². The number of aromatic nitrogens is 1. The number of sulfone groups is 1. The van der Waals surface area contributed by atoms with Crippen molar-refractivity contribution in [2.75, 3.05) is 24.5 Å². The van der Waals surface area contributed by atoms with E-state index in [1.807, 2.05) is 18.2 Å². The van der Waals surface area contributed by atoms with Crippen LogP contribution in [-0.2, 0) is 9.84 Å². The lowest BCUT2D eigenvalue weighted by Crippen LogP contribution is -2.36. The van der Waals surface area contributed by atoms with E-state index in [0.29, 0.717) is 19.0 Å². The van der Waals surface area contributed by atoms with E-state index in [1.165, 1.54) is 11.1 Å². The Morgan fingerprint density at radius 1 is 1.03 bits per heavy atom. The summed E-state index contributed by atoms with van der Waals surface area (Å²) in [4.78, 5) is 20.0. The third-order valence-electron chi connectivity index (χ3n) is 6.16. The molecule has 2 saturated heterocycles. The largest absolute Gasteiger partial charge is 0.465 e. The normalized spacial score (nSPS) is 21.2. The van der Waals surface area contributed by atoms with Crippen LogP contribution in [0.2, 0.25) is 0 Å². The van der Waals surface area contributed by atoms with E-state index < -0.39 is 15.9 Å². The predicted molar refractivity (Wildman–Crippen MR) is 112 cm³/mol. The molecule has 7 nitrogen and oxygen atoms in total. The molecule has 5 rings (SSSR count). The molecule has 2 aromatic carbocycles. The molecule has 2 atom stereocenters. The monoisotopic (exact) mass is 423 g/mol. The molecule has 0 saturated carbocycles. The van der Waals surface area contributed by atoms with Gasteiger partial charge in [0.1, 0.15) is 0 Å². The molecule has 2 aliphatic heterocycles. The first-order valence-corrected chi connectivity index (χ1v) is 11.4. The number of hydrogen-bond donors (Lipinski definition) is 1. The number of nitrogens with zero attached hydrogens (tertiary/aromatic N) is 3. The fraction of sp³-hybridized carbons (Fsp3) is 0.273. The van der Waals surface area contributed by atoms with Crippen LogP contribution >= 0.6 is 0 Å². The van der Waals surface area contributed by atoms with E-state index in [2.05, 4.69) is 9.88 Å². The van der Waals surface area contributed by atoms with E-state index in [-0.39, 0.29) is 15.8 Å². The van der Waals surface area contributed by atoms with E-state index in [4.69, 9.17) is 0 Å². The molecule has 1 aromatic heterocycles. The molecule has 0 spiro atoms. The minimum Gasteiger partial charge on any atom is -0.465 e. The van der Waals surface area contributed by atoms with Crippen molar-refractivity contribution in [3.8, 4) is 0 Å². The van der Waals surface area contributed by atoms with E-state index in [9.17, 15) is 18.3 Å². The van der Waals surface area contributed by atoms with Gasteiger partial charge in [0.25, 0.3) is 0 Å². The van der Waals surface area contributed by atoms with Crippen LogP contribution in [-0.4, -0.2) is 55.2 Å². The average molecular weight is 423 g/mol. The summed E-state index contributed by atoms with van der Waals surface area (Å²) in [6.07, 6.45) is 1.47. The van der Waals surface area contributed by atoms with Gasteiger partial charge in [0.2, 0.25) is 9.84 Å². The molecule has 2 fully saturated rings. The molecule has 3 heterocycles. The van der Waals surface area contributed by atoms with Gasteiger partial charge >= 0.3 is 6.09 Å². The maximum atomic E-state index is 13.0. The molecule has 154 valence electrons. The number of carbonyl (C=O) groups is 1. The lowest BCUT2D eigenvalue weighted by molar-refractivity contribution is 0.153. The summed E-state index contributed by atoms with van der Waals surface area (Å²) < 4.78 is 25.9. The molecular weight excluding hydrogens is 402 g/mol. The number of fused-ring (bicyclic) bond motifs is 2. The standard InChI is InChI=1S/C22H21N3O4S/c26-22(27)24-13-16-9-10-25(20(16)14-24)19-8-4-5-15-11-18(12-23-21(15)19)30(28,29)17-6-2-1-3-7-17/h1-8,11-12,16,20H,9-10,13-14H2,(H,26,27). The molecule has 1 amide bonds. The predicted octanol–water partition coefficient (Wildman–Crippen LogP) is 3.26. The average Bonchev–Trinajstić information content (AvgIpc) is 3.35. The Bertz CT molecular complexity index is 1230. The maximum Gasteiger partial charge on any atom is 0.407 e. The third kappa shape index (κ3) is 2.99. The highest BCUT2D eigenvalue weighted by Gasteiger charge is 2.43. The molecule has 3 aromatic rings. The summed E-state index contributed by atoms with van der Waals surface area (Å²) in [6, 6.07) is 15.9. The topological polar surface area (TPSA) is 90.8 Å². The molecule has 0 bridgehead atoms. The van der Waals surface area contributed by atoms with Crippen molar-refractivity contribution in [1.29, 1.82) is 0 Å². The zero-order valence-corrected chi connectivity index (χ0v) is 17.0. The van der Waals surface area contributed by atoms with Crippen LogP contribution in [0.25, 0.3) is 10.9 Å². The molecular formula is C22H21N3O4S. The molecule has 0 aliphatic carbocycles. The van der Waals surface area contributed by atoms with Gasteiger partial charge in [-0.2, -0.15) is 0 Å². The number of amides is 1. The van der Waals surface area contributed by atoms with Crippen LogP contribution in [0.1, 0.15) is 6.42 Å². The smallest absolute Gasteiger partial charge is 0.407 e. The molecule has 1 N–H and O–H groups in total. The van der Waals surface area contributed by atoms with Gasteiger partial charge in [0.05, 0.1) is 27.0 Å². The van der Waals surface area contributed by atoms with Crippen molar-refractivity contribution in [1.82, 2.24) is 9.88 Å². The zero-order chi connectivity index (χ0) is 20.9. The van der Waals surface area contributed by atoms with Crippen LogP contribution in [0.5, 0.6) is 0 Å². The molecule has 30 heavy (non-hydrogen) atoms. The summed E-state index contributed by atoms with van der Waals surface area (Å²) in [5.41, 5.74) is 1.66. The Morgan fingerprint density at radius 2 is 1.83 bits per heavy atom. The summed E-state index contributed by atoms with van der Waals surface area (Å²) in [5.74, 6) is 0.314. The molecule has 8 heteroatoms. The Hall–Kier alpha value is -3.13. The summed E-state index contributed by atoms with van der Waals surface area (Å²) in [7, 11) is -3.64. The first-order valence-electron chi connectivity index (χ1n) is 9.88. The Balaban J connectivity index is 1.53. The van der Waals surface area contributed by atoms with Gasteiger partial charge in [-0.3, -0.25) is 4.98 Å². The van der Waals surface area contributed by atoms with Crippen molar-refractivity contribution in [2.45, 2.75) is 22.3 Å². The Morgan fingerprint density at radius 3 is 2.60 bits per heavy atom. The number of rotatable bonds is 3. The van der Waals surface area contributed by atoms with Crippen molar-refractivity contribution >= 4 is 32.5 Å². The maximum absolute atomic E-state index is 13.0. The lowest BCUT2D eigenvalue weighted by Gasteiger charge is -2.27. The minimum absolute atomic E-state index is 0.126. The van der Waals surface area contributed by atoms with Crippen molar-refractivity contribution in [3.05, 3.63) is 60.8 Å². The number of carboxylic acid groups (broad SMARTS) is 1. The molecule has 0 radical (unpaired) electrons. The highest BCUT2D eigenvalue weighted by Crippen LogP contribution is 2.38. The SMILES string of the molecule is O=C(O)N1CC2CCN(c3cccc4cc(S(=O)(=O)c5ccccc5)cnc34)C2C1. The van der Waals surface area contributed by atoms with Gasteiger partial charge in [-0.1, -0.05) is 30.3 Å². The van der Waals surface area contributed by atoms with Gasteiger partial charge < -0.3 is 14.9 Å². The minimum atomic E-state index is -3.64. The fourth-order valence-corrected chi connectivity index (χ4v) is 5.92. The Labute approximate surface area is 174 Å². The highest BCUT2D eigenvalue weighted by atomic mass is 32.2. The van der Waals surface area contributed by atoms with E-state index >= 15 is 0 Å². The summed E-state index contributed by atoms with van der Waals surface area (Å²) >= 11 is 0. The first-order chi connectivity index (χ1) is 14.4. The van der Waals surface area contributed by atoms with E-state index in [1.54, 1.807) is 36.4 Å². The second-order valence-electron chi connectivity index (χ2n) is 7.83. The van der Waals surface area contributed by atoms with Gasteiger partial charge in [0.15, 0.2) is 0 Å². The van der Waals surface area contributed by atoms with Crippen LogP contribution in [0.15, 0.2) is 70.6 Å². The fourth-order valence-electron chi connectivity index (χ4n) is 4.66. The van der Waals surface area contributed by atoms with Gasteiger partial charge in [-0.15, -0.1) is 0 Å². The van der Waals surface area contributed by atoms with Gasteiger partial charge in [-0.25, -0.2) is 13.2 Å². The second-order valence-corrected chi connectivity index (χ2v) is 9.78. The highest BCUT2D eigenvalue weighted by molar-refractivity contribution is 7.91. The van der Waals surface area contributed by atoms with E-state index in [0.717, 1.165) is 29.6 Å². The second kappa shape index (κ2) is 6.98. The first kappa shape index (κ1) is 18.9. The van der Waals surface area contributed by atoms with Crippen LogP contribution in [0.4, 0.5) is 10.5 Å². The number of benzene rings is 2. The van der Waals surface area contributed by atoms with Gasteiger partial charge in [-0.05, 0) is 30.7 Å². The number of likely N-dealkylation sites (tertiary alicyclic amines) is 1. The van der Waals surface area contributed by atoms with Crippen molar-refractivity contribution < 1.29 is 18.3 Å². The van der Waals surface area contributed by atoms with Crippen molar-refractivity contribution in [3.63, 3.8) is 0 Å². The van der Waals surface area contributed by atoms with Crippen molar-refractivity contribution in [2.24, 2.45) is 5.92 Å². The quantitative estimate of drug-likeness (QED) is 0.695. The summed E-state index contributed by atoms with van der Waals surface area (Å²) in [5, 5.41) is 10.1. The molecule has 2 aliphatic rings. The number of pyridine rings is 1. The number of anilines is 1. The van der Waals surface area contributed by atoms with Gasteiger partial charge in [0, 0.05) is 37.1 Å². The Kier molecular flexibility index (Phi) is 4.39. The third-order valence-corrected chi connectivity index (χ3v) is 7.89. The zero-order valence-electron chi connectivity index (χ0n) is 16.2. The van der Waals surface area contributed by atoms with Crippen LogP contribution < -0.4 is 4.90 Å². The summed E-state index contributed by atoms with van der Waals surface area (Å²) in [6.45, 7) is 1.89. The van der Waals surface area contributed by atoms with Crippen LogP contribution in [0, 0.1) is 5.92 Å². The number of para-hydroxylation sites is 1.